The van der Waals surface area contributed by atoms with Crippen LogP contribution in [0.5, 0.6) is 5.75 Å². The van der Waals surface area contributed by atoms with Gasteiger partial charge in [-0.25, -0.2) is 0 Å². The number of amides is 1. The fourth-order valence-electron chi connectivity index (χ4n) is 2.91. The number of likely N-dealkylation sites (N-methyl/N-ethyl adjacent to an activating group) is 1. The average molecular weight is 355 g/mol. The van der Waals surface area contributed by atoms with Gasteiger partial charge in [0.2, 0.25) is 11.2 Å². The quantitative estimate of drug-likeness (QED) is 0.560. The second kappa shape index (κ2) is 7.99. The van der Waals surface area contributed by atoms with Crippen LogP contribution in [0.4, 0.5) is 0 Å². The van der Waals surface area contributed by atoms with Crippen LogP contribution in [0.15, 0.2) is 17.1 Å². The van der Waals surface area contributed by atoms with Gasteiger partial charge < -0.3 is 24.2 Å². The van der Waals surface area contributed by atoms with E-state index in [2.05, 4.69) is 0 Å². The molecule has 1 aromatic heterocycles. The SMILES string of the molecule is COCOc1c2n(ccc1=O)N(C)C1COCC(C)N1C2=O.O=CO. The molecule has 138 valence electrons. The molecular weight excluding hydrogens is 334 g/mol. The Balaban J connectivity index is 0.000000701. The number of pyridine rings is 1. The number of morpholine rings is 1. The second-order valence-electron chi connectivity index (χ2n) is 5.51. The lowest BCUT2D eigenvalue weighted by atomic mass is 10.1. The molecule has 0 radical (unpaired) electrons. The van der Waals surface area contributed by atoms with Gasteiger partial charge in [-0.05, 0) is 6.92 Å². The summed E-state index contributed by atoms with van der Waals surface area (Å²) in [5.41, 5.74) is -0.124. The smallest absolute Gasteiger partial charge is 0.290 e. The molecule has 2 aliphatic heterocycles. The van der Waals surface area contributed by atoms with Gasteiger partial charge in [-0.2, -0.15) is 0 Å². The zero-order chi connectivity index (χ0) is 18.6. The van der Waals surface area contributed by atoms with E-state index in [1.165, 1.54) is 13.2 Å². The summed E-state index contributed by atoms with van der Waals surface area (Å²) in [6, 6.07) is 1.30. The molecule has 1 saturated heterocycles. The van der Waals surface area contributed by atoms with Crippen LogP contribution in [0.2, 0.25) is 0 Å². The van der Waals surface area contributed by atoms with Crippen LogP contribution in [-0.2, 0) is 14.3 Å². The average Bonchev–Trinajstić information content (AvgIpc) is 2.59. The highest BCUT2D eigenvalue weighted by molar-refractivity contribution is 5.96. The topological polar surface area (TPSA) is 111 Å². The lowest BCUT2D eigenvalue weighted by Gasteiger charge is -2.49. The summed E-state index contributed by atoms with van der Waals surface area (Å²) >= 11 is 0. The lowest BCUT2D eigenvalue weighted by molar-refractivity contribution is -0.122. The molecule has 0 bridgehead atoms. The van der Waals surface area contributed by atoms with Crippen molar-refractivity contribution in [3.8, 4) is 5.75 Å². The Morgan fingerprint density at radius 3 is 2.72 bits per heavy atom. The van der Waals surface area contributed by atoms with Gasteiger partial charge in [0, 0.05) is 26.4 Å². The standard InChI is InChI=1S/C14H19N3O5.CH2O2/c1-9-6-21-7-11-15(2)16-5-4-10(18)13(22-8-20-3)12(16)14(19)17(9)11;2-1-3/h4-5,9,11H,6-8H2,1-3H3;1H,(H,2,3). The highest BCUT2D eigenvalue weighted by Crippen LogP contribution is 2.27. The van der Waals surface area contributed by atoms with Gasteiger partial charge in [-0.15, -0.1) is 0 Å². The van der Waals surface area contributed by atoms with E-state index in [4.69, 9.17) is 24.1 Å². The zero-order valence-electron chi connectivity index (χ0n) is 14.2. The molecule has 2 aliphatic rings. The van der Waals surface area contributed by atoms with Crippen molar-refractivity contribution in [2.75, 3.05) is 39.2 Å². The molecule has 10 nitrogen and oxygen atoms in total. The molecular formula is C15H21N3O7. The first kappa shape index (κ1) is 18.7. The molecule has 3 heterocycles. The number of rotatable bonds is 3. The monoisotopic (exact) mass is 355 g/mol. The van der Waals surface area contributed by atoms with Gasteiger partial charge in [-0.1, -0.05) is 0 Å². The summed E-state index contributed by atoms with van der Waals surface area (Å²) in [4.78, 5) is 35.1. The van der Waals surface area contributed by atoms with Gasteiger partial charge in [0.05, 0.1) is 19.3 Å². The number of fused-ring (bicyclic) bond motifs is 2. The van der Waals surface area contributed by atoms with Crippen LogP contribution in [0, 0.1) is 0 Å². The predicted molar refractivity (Wildman–Crippen MR) is 86.3 cm³/mol. The third-order valence-electron chi connectivity index (χ3n) is 3.99. The van der Waals surface area contributed by atoms with Crippen molar-refractivity contribution in [2.24, 2.45) is 0 Å². The first-order valence-corrected chi connectivity index (χ1v) is 7.56. The van der Waals surface area contributed by atoms with Gasteiger partial charge >= 0.3 is 0 Å². The van der Waals surface area contributed by atoms with Crippen molar-refractivity contribution in [3.05, 3.63) is 28.2 Å². The lowest BCUT2D eigenvalue weighted by Crippen LogP contribution is -2.66. The highest BCUT2D eigenvalue weighted by Gasteiger charge is 2.42. The normalized spacial score (nSPS) is 21.6. The molecule has 2 unspecified atom stereocenters. The summed E-state index contributed by atoms with van der Waals surface area (Å²) < 4.78 is 17.4. The van der Waals surface area contributed by atoms with Crippen LogP contribution in [0.25, 0.3) is 0 Å². The Bertz CT molecular complexity index is 690. The zero-order valence-corrected chi connectivity index (χ0v) is 14.2. The largest absolute Gasteiger partial charge is 0.483 e. The van der Waals surface area contributed by atoms with Gasteiger partial charge in [-0.3, -0.25) is 24.1 Å². The summed E-state index contributed by atoms with van der Waals surface area (Å²) in [5.74, 6) is -0.221. The number of carboxylic acid groups (broad SMARTS) is 1. The van der Waals surface area contributed by atoms with Crippen molar-refractivity contribution < 1.29 is 28.9 Å². The van der Waals surface area contributed by atoms with Crippen LogP contribution >= 0.6 is 0 Å². The number of methoxy groups -OCH3 is 1. The maximum atomic E-state index is 12.9. The number of carbonyl (C=O) groups is 2. The van der Waals surface area contributed by atoms with Crippen LogP contribution < -0.4 is 15.2 Å². The van der Waals surface area contributed by atoms with Crippen LogP contribution in [0.3, 0.4) is 0 Å². The van der Waals surface area contributed by atoms with E-state index in [0.29, 0.717) is 13.2 Å². The van der Waals surface area contributed by atoms with E-state index in [1.807, 2.05) is 19.0 Å². The molecule has 0 aromatic carbocycles. The highest BCUT2D eigenvalue weighted by atomic mass is 16.7. The van der Waals surface area contributed by atoms with Gasteiger partial charge in [0.1, 0.15) is 6.17 Å². The van der Waals surface area contributed by atoms with Gasteiger partial charge in [0.15, 0.2) is 12.5 Å². The first-order chi connectivity index (χ1) is 12.0. The molecule has 1 amide bonds. The van der Waals surface area contributed by atoms with Crippen molar-refractivity contribution in [1.29, 1.82) is 0 Å². The number of nitrogens with zero attached hydrogens (tertiary/aromatic N) is 3. The molecule has 0 aliphatic carbocycles. The minimum Gasteiger partial charge on any atom is -0.483 e. The van der Waals surface area contributed by atoms with E-state index in [0.717, 1.165) is 0 Å². The van der Waals surface area contributed by atoms with E-state index in [9.17, 15) is 9.59 Å². The Morgan fingerprint density at radius 2 is 2.08 bits per heavy atom. The van der Waals surface area contributed by atoms with E-state index in [-0.39, 0.29) is 48.3 Å². The Labute approximate surface area is 144 Å². The van der Waals surface area contributed by atoms with Crippen molar-refractivity contribution in [1.82, 2.24) is 9.58 Å². The molecule has 3 rings (SSSR count). The summed E-state index contributed by atoms with van der Waals surface area (Å²) in [6.45, 7) is 2.48. The second-order valence-corrected chi connectivity index (χ2v) is 5.51. The number of hydrogen-bond acceptors (Lipinski definition) is 7. The van der Waals surface area contributed by atoms with Crippen molar-refractivity contribution in [2.45, 2.75) is 19.1 Å². The fraction of sp³-hybridized carbons (Fsp3) is 0.533. The Kier molecular flexibility index (Phi) is 5.99. The molecule has 2 atom stereocenters. The fourth-order valence-corrected chi connectivity index (χ4v) is 2.91. The van der Waals surface area contributed by atoms with Gasteiger partial charge in [0.25, 0.3) is 12.4 Å². The minimum absolute atomic E-state index is 0.0124. The van der Waals surface area contributed by atoms with Crippen molar-refractivity contribution >= 4 is 12.4 Å². The molecule has 0 spiro atoms. The summed E-state index contributed by atoms with van der Waals surface area (Å²) in [7, 11) is 3.31. The van der Waals surface area contributed by atoms with E-state index in [1.54, 1.807) is 15.8 Å². The maximum Gasteiger partial charge on any atom is 0.290 e. The predicted octanol–water partition coefficient (Wildman–Crippen LogP) is -0.700. The summed E-state index contributed by atoms with van der Waals surface area (Å²) in [5, 5.41) is 8.76. The molecule has 1 fully saturated rings. The van der Waals surface area contributed by atoms with Crippen LogP contribution in [0.1, 0.15) is 17.4 Å². The Morgan fingerprint density at radius 1 is 1.40 bits per heavy atom. The summed E-state index contributed by atoms with van der Waals surface area (Å²) in [6.07, 6.45) is 1.37. The third kappa shape index (κ3) is 3.44. The molecule has 1 N–H and O–H groups in total. The molecule has 10 heteroatoms. The molecule has 25 heavy (non-hydrogen) atoms. The molecule has 1 aromatic rings. The van der Waals surface area contributed by atoms with E-state index < -0.39 is 0 Å². The minimum atomic E-state index is -0.343. The number of carbonyl (C=O) groups excluding carboxylic acids is 1. The Hall–Kier alpha value is -2.59. The van der Waals surface area contributed by atoms with E-state index >= 15 is 0 Å². The number of aromatic nitrogens is 1. The number of ether oxygens (including phenoxy) is 3. The molecule has 0 saturated carbocycles. The maximum absolute atomic E-state index is 12.9. The van der Waals surface area contributed by atoms with Crippen LogP contribution in [-0.4, -0.2) is 73.4 Å². The first-order valence-electron chi connectivity index (χ1n) is 7.56. The number of hydrogen-bond donors (Lipinski definition) is 1. The van der Waals surface area contributed by atoms with Crippen molar-refractivity contribution in [3.63, 3.8) is 0 Å². The third-order valence-corrected chi connectivity index (χ3v) is 3.99.